The van der Waals surface area contributed by atoms with Gasteiger partial charge in [-0.2, -0.15) is 0 Å². The zero-order valence-corrected chi connectivity index (χ0v) is 21.3. The fourth-order valence-electron chi connectivity index (χ4n) is 3.31. The second kappa shape index (κ2) is 12.2. The van der Waals surface area contributed by atoms with E-state index in [1.807, 2.05) is 38.4 Å². The fourth-order valence-corrected chi connectivity index (χ4v) is 4.35. The summed E-state index contributed by atoms with van der Waals surface area (Å²) in [6.07, 6.45) is 3.38. The summed E-state index contributed by atoms with van der Waals surface area (Å²) in [7, 11) is 4.03. The van der Waals surface area contributed by atoms with Gasteiger partial charge in [-0.3, -0.25) is 9.69 Å². The van der Waals surface area contributed by atoms with E-state index in [2.05, 4.69) is 37.8 Å². The fraction of sp³-hybridized carbons (Fsp3) is 0.440. The van der Waals surface area contributed by atoms with Crippen molar-refractivity contribution in [2.24, 2.45) is 0 Å². The molecule has 0 unspecified atom stereocenters. The molecule has 174 valence electrons. The first-order valence-electron chi connectivity index (χ1n) is 11.0. The normalized spacial score (nSPS) is 10.9. The Morgan fingerprint density at radius 3 is 2.41 bits per heavy atom. The van der Waals surface area contributed by atoms with Crippen molar-refractivity contribution >= 4 is 45.0 Å². The number of nitrogens with zero attached hydrogens (tertiary/aromatic N) is 3. The second-order valence-corrected chi connectivity index (χ2v) is 9.20. The maximum absolute atomic E-state index is 13.4. The Morgan fingerprint density at radius 2 is 1.75 bits per heavy atom. The van der Waals surface area contributed by atoms with Gasteiger partial charge in [0.05, 0.1) is 16.8 Å². The van der Waals surface area contributed by atoms with Crippen molar-refractivity contribution in [1.82, 2.24) is 9.88 Å². The van der Waals surface area contributed by atoms with Crippen molar-refractivity contribution < 1.29 is 9.53 Å². The van der Waals surface area contributed by atoms with Crippen molar-refractivity contribution in [1.29, 1.82) is 0 Å². The lowest BCUT2D eigenvalue weighted by atomic mass is 10.1. The summed E-state index contributed by atoms with van der Waals surface area (Å²) in [5.41, 5.74) is 4.01. The highest BCUT2D eigenvalue weighted by atomic mass is 35.5. The summed E-state index contributed by atoms with van der Waals surface area (Å²) in [4.78, 5) is 22.2. The van der Waals surface area contributed by atoms with Crippen LogP contribution in [0.1, 0.15) is 47.7 Å². The van der Waals surface area contributed by atoms with Gasteiger partial charge in [0, 0.05) is 18.7 Å². The summed E-state index contributed by atoms with van der Waals surface area (Å²) in [5.74, 6) is 0.770. The molecular weight excluding hydrogens is 442 g/mol. The number of thiazole rings is 1. The third-order valence-corrected chi connectivity index (χ3v) is 6.48. The van der Waals surface area contributed by atoms with Gasteiger partial charge in [-0.05, 0) is 75.8 Å². The second-order valence-electron chi connectivity index (χ2n) is 8.19. The molecule has 5 nitrogen and oxygen atoms in total. The number of hydrogen-bond donors (Lipinski definition) is 0. The van der Waals surface area contributed by atoms with E-state index in [1.165, 1.54) is 24.0 Å². The standard InChI is InChI=1S/C25H33N3O2S.ClH/c1-6-7-8-17-30-21-12-10-20(11-13-21)24(29)28(16-15-27(4)5)25-26-23-19(3)18(2)9-14-22(23)31-25;/h9-14H,6-8,15-17H2,1-5H3;1H. The molecule has 7 heteroatoms. The van der Waals surface area contributed by atoms with Crippen LogP contribution in [0, 0.1) is 13.8 Å². The van der Waals surface area contributed by atoms with E-state index in [9.17, 15) is 4.79 Å². The Morgan fingerprint density at radius 1 is 1.03 bits per heavy atom. The molecule has 0 saturated heterocycles. The molecule has 32 heavy (non-hydrogen) atoms. The Kier molecular flexibility index (Phi) is 9.94. The minimum Gasteiger partial charge on any atom is -0.494 e. The van der Waals surface area contributed by atoms with Crippen LogP contribution in [0.2, 0.25) is 0 Å². The van der Waals surface area contributed by atoms with Gasteiger partial charge in [-0.25, -0.2) is 4.98 Å². The van der Waals surface area contributed by atoms with E-state index in [1.54, 1.807) is 16.2 Å². The van der Waals surface area contributed by atoms with E-state index in [4.69, 9.17) is 9.72 Å². The molecule has 1 heterocycles. The molecular formula is C25H34ClN3O2S. The Balaban J connectivity index is 0.00000363. The first-order chi connectivity index (χ1) is 14.9. The predicted molar refractivity (Wildman–Crippen MR) is 138 cm³/mol. The number of anilines is 1. The molecule has 0 fully saturated rings. The molecule has 3 rings (SSSR count). The Hall–Kier alpha value is -2.15. The molecule has 3 aromatic rings. The highest BCUT2D eigenvalue weighted by Gasteiger charge is 2.22. The van der Waals surface area contributed by atoms with Gasteiger partial charge >= 0.3 is 0 Å². The quantitative estimate of drug-likeness (QED) is 0.332. The number of ether oxygens (including phenoxy) is 1. The molecule has 0 aliphatic carbocycles. The zero-order chi connectivity index (χ0) is 22.4. The van der Waals surface area contributed by atoms with Gasteiger partial charge < -0.3 is 9.64 Å². The number of likely N-dealkylation sites (N-methyl/N-ethyl adjacent to an activating group) is 1. The maximum atomic E-state index is 13.4. The van der Waals surface area contributed by atoms with Gasteiger partial charge in [0.15, 0.2) is 5.13 Å². The summed E-state index contributed by atoms with van der Waals surface area (Å²) in [6, 6.07) is 11.7. The van der Waals surface area contributed by atoms with Crippen LogP contribution in [0.25, 0.3) is 10.2 Å². The van der Waals surface area contributed by atoms with Gasteiger partial charge in [-0.1, -0.05) is 37.2 Å². The molecule has 0 spiro atoms. The van der Waals surface area contributed by atoms with E-state index >= 15 is 0 Å². The number of carbonyl (C=O) groups excluding carboxylic acids is 1. The topological polar surface area (TPSA) is 45.7 Å². The molecule has 0 aliphatic rings. The molecule has 1 aromatic heterocycles. The number of carbonyl (C=O) groups is 1. The largest absolute Gasteiger partial charge is 0.494 e. The van der Waals surface area contributed by atoms with E-state index in [0.29, 0.717) is 18.7 Å². The number of halogens is 1. The zero-order valence-electron chi connectivity index (χ0n) is 19.7. The van der Waals surface area contributed by atoms with Crippen molar-refractivity contribution in [3.8, 4) is 5.75 Å². The Labute approximate surface area is 201 Å². The van der Waals surface area contributed by atoms with Crippen LogP contribution < -0.4 is 9.64 Å². The number of aromatic nitrogens is 1. The number of amides is 1. The first kappa shape index (κ1) is 26.1. The number of unbranched alkanes of at least 4 members (excludes halogenated alkanes) is 2. The van der Waals surface area contributed by atoms with E-state index in [0.717, 1.165) is 34.1 Å². The number of benzene rings is 2. The number of fused-ring (bicyclic) bond motifs is 1. The van der Waals surface area contributed by atoms with Gasteiger partial charge in [0.2, 0.25) is 0 Å². The van der Waals surface area contributed by atoms with Crippen LogP contribution in [0.3, 0.4) is 0 Å². The number of aryl methyl sites for hydroxylation is 2. The van der Waals surface area contributed by atoms with E-state index in [-0.39, 0.29) is 18.3 Å². The van der Waals surface area contributed by atoms with Crippen LogP contribution in [0.15, 0.2) is 36.4 Å². The summed E-state index contributed by atoms with van der Waals surface area (Å²) in [6.45, 7) is 8.41. The number of rotatable bonds is 10. The lowest BCUT2D eigenvalue weighted by molar-refractivity contribution is 0.0985. The molecule has 0 radical (unpaired) electrons. The van der Waals surface area contributed by atoms with Crippen molar-refractivity contribution in [2.75, 3.05) is 38.7 Å². The van der Waals surface area contributed by atoms with Crippen LogP contribution in [-0.4, -0.2) is 49.6 Å². The van der Waals surface area contributed by atoms with Gasteiger partial charge in [0.25, 0.3) is 5.91 Å². The van der Waals surface area contributed by atoms with Gasteiger partial charge in [-0.15, -0.1) is 12.4 Å². The minimum atomic E-state index is -0.0344. The smallest absolute Gasteiger partial charge is 0.260 e. The van der Waals surface area contributed by atoms with E-state index < -0.39 is 0 Å². The SMILES string of the molecule is CCCCCOc1ccc(C(=O)N(CCN(C)C)c2nc3c(C)c(C)ccc3s2)cc1.Cl. The molecule has 2 aromatic carbocycles. The third kappa shape index (κ3) is 6.44. The molecule has 0 bridgehead atoms. The minimum absolute atomic E-state index is 0. The monoisotopic (exact) mass is 475 g/mol. The summed E-state index contributed by atoms with van der Waals surface area (Å²) >= 11 is 1.57. The van der Waals surface area contributed by atoms with Crippen molar-refractivity contribution in [3.63, 3.8) is 0 Å². The van der Waals surface area contributed by atoms with Crippen molar-refractivity contribution in [2.45, 2.75) is 40.0 Å². The van der Waals surface area contributed by atoms with Crippen molar-refractivity contribution in [3.05, 3.63) is 53.1 Å². The predicted octanol–water partition coefficient (Wildman–Crippen LogP) is 6.11. The molecule has 0 atom stereocenters. The molecule has 0 N–H and O–H groups in total. The van der Waals surface area contributed by atoms with Crippen LogP contribution in [0.5, 0.6) is 5.75 Å². The summed E-state index contributed by atoms with van der Waals surface area (Å²) < 4.78 is 6.90. The molecule has 0 aliphatic heterocycles. The molecule has 0 saturated carbocycles. The summed E-state index contributed by atoms with van der Waals surface area (Å²) in [5, 5.41) is 0.746. The highest BCUT2D eigenvalue weighted by Crippen LogP contribution is 2.32. The molecule has 1 amide bonds. The van der Waals surface area contributed by atoms with Crippen LogP contribution >= 0.6 is 23.7 Å². The van der Waals surface area contributed by atoms with Crippen LogP contribution in [0.4, 0.5) is 5.13 Å². The Bertz CT molecular complexity index is 1020. The average molecular weight is 476 g/mol. The first-order valence-corrected chi connectivity index (χ1v) is 11.8. The highest BCUT2D eigenvalue weighted by molar-refractivity contribution is 7.22. The average Bonchev–Trinajstić information content (AvgIpc) is 3.19. The lowest BCUT2D eigenvalue weighted by Gasteiger charge is -2.22. The number of hydrogen-bond acceptors (Lipinski definition) is 5. The lowest BCUT2D eigenvalue weighted by Crippen LogP contribution is -2.36. The third-order valence-electron chi connectivity index (χ3n) is 5.44. The van der Waals surface area contributed by atoms with Crippen LogP contribution in [-0.2, 0) is 0 Å². The van der Waals surface area contributed by atoms with Gasteiger partial charge in [0.1, 0.15) is 5.75 Å². The maximum Gasteiger partial charge on any atom is 0.260 e.